The zero-order valence-electron chi connectivity index (χ0n) is 11.8. The van der Waals surface area contributed by atoms with Crippen molar-refractivity contribution in [3.63, 3.8) is 0 Å². The summed E-state index contributed by atoms with van der Waals surface area (Å²) in [5.41, 5.74) is 0. The van der Waals surface area contributed by atoms with Gasteiger partial charge in [0.1, 0.15) is 25.0 Å². The van der Waals surface area contributed by atoms with E-state index in [4.69, 9.17) is 26.2 Å². The Hall–Kier alpha value is -1.35. The Bertz CT molecular complexity index is 637. The summed E-state index contributed by atoms with van der Waals surface area (Å²) in [6.45, 7) is 0.395. The standard InChI is InChI=1S/C13H17ClN2O5S/c14-10-3-1-4-11(9-10)20-7-8-21-13(17)12-5-2-6-16(12)22(15,18)19/h1,3-4,9,12H,2,5-8H2,(H2,15,18,19)/t12-/m0/s1. The van der Waals surface area contributed by atoms with Gasteiger partial charge in [0.2, 0.25) is 0 Å². The van der Waals surface area contributed by atoms with E-state index in [0.29, 0.717) is 23.6 Å². The zero-order chi connectivity index (χ0) is 16.2. The second kappa shape index (κ2) is 7.28. The lowest BCUT2D eigenvalue weighted by molar-refractivity contribution is -0.148. The Labute approximate surface area is 134 Å². The van der Waals surface area contributed by atoms with Gasteiger partial charge in [0, 0.05) is 11.6 Å². The van der Waals surface area contributed by atoms with Crippen LogP contribution in [0.25, 0.3) is 0 Å². The van der Waals surface area contributed by atoms with Crippen LogP contribution in [0.15, 0.2) is 24.3 Å². The SMILES string of the molecule is NS(=O)(=O)N1CCC[C@H]1C(=O)OCCOc1cccc(Cl)c1. The highest BCUT2D eigenvalue weighted by atomic mass is 35.5. The van der Waals surface area contributed by atoms with Crippen LogP contribution in [0.5, 0.6) is 5.75 Å². The third-order valence-electron chi connectivity index (χ3n) is 3.20. The number of hydrogen-bond donors (Lipinski definition) is 1. The predicted octanol–water partition coefficient (Wildman–Crippen LogP) is 0.930. The monoisotopic (exact) mass is 348 g/mol. The van der Waals surface area contributed by atoms with Crippen molar-refractivity contribution in [2.75, 3.05) is 19.8 Å². The van der Waals surface area contributed by atoms with Crippen LogP contribution >= 0.6 is 11.6 Å². The van der Waals surface area contributed by atoms with Crippen molar-refractivity contribution in [3.05, 3.63) is 29.3 Å². The summed E-state index contributed by atoms with van der Waals surface area (Å²) >= 11 is 5.81. The van der Waals surface area contributed by atoms with Crippen LogP contribution in [-0.4, -0.2) is 44.5 Å². The largest absolute Gasteiger partial charge is 0.490 e. The third-order valence-corrected chi connectivity index (χ3v) is 4.52. The fourth-order valence-corrected chi connectivity index (χ4v) is 3.35. The summed E-state index contributed by atoms with van der Waals surface area (Å²) in [6.07, 6.45) is 0.986. The molecule has 22 heavy (non-hydrogen) atoms. The van der Waals surface area contributed by atoms with E-state index >= 15 is 0 Å². The van der Waals surface area contributed by atoms with Crippen molar-refractivity contribution in [1.82, 2.24) is 4.31 Å². The lowest BCUT2D eigenvalue weighted by Crippen LogP contribution is -2.44. The van der Waals surface area contributed by atoms with Crippen LogP contribution in [-0.2, 0) is 19.7 Å². The van der Waals surface area contributed by atoms with E-state index in [-0.39, 0.29) is 19.8 Å². The molecule has 7 nitrogen and oxygen atoms in total. The summed E-state index contributed by atoms with van der Waals surface area (Å²) in [5, 5.41) is 5.61. The van der Waals surface area contributed by atoms with Gasteiger partial charge < -0.3 is 9.47 Å². The van der Waals surface area contributed by atoms with Crippen LogP contribution < -0.4 is 9.88 Å². The molecular weight excluding hydrogens is 332 g/mol. The fourth-order valence-electron chi connectivity index (χ4n) is 2.24. The van der Waals surface area contributed by atoms with E-state index in [0.717, 1.165) is 4.31 Å². The van der Waals surface area contributed by atoms with Crippen LogP contribution in [0.1, 0.15) is 12.8 Å². The molecule has 0 amide bonds. The average Bonchev–Trinajstić information content (AvgIpc) is 2.93. The molecule has 122 valence electrons. The number of benzene rings is 1. The number of nitrogens with zero attached hydrogens (tertiary/aromatic N) is 1. The van der Waals surface area contributed by atoms with Gasteiger partial charge in [0.05, 0.1) is 0 Å². The molecule has 0 spiro atoms. The summed E-state index contributed by atoms with van der Waals surface area (Å²) in [5.74, 6) is -0.0446. The molecule has 2 N–H and O–H groups in total. The maximum Gasteiger partial charge on any atom is 0.324 e. The molecule has 1 aliphatic heterocycles. The highest BCUT2D eigenvalue weighted by molar-refractivity contribution is 7.86. The Morgan fingerprint density at radius 3 is 2.86 bits per heavy atom. The smallest absolute Gasteiger partial charge is 0.324 e. The molecule has 1 saturated heterocycles. The van der Waals surface area contributed by atoms with E-state index in [1.807, 2.05) is 0 Å². The molecule has 2 rings (SSSR count). The lowest BCUT2D eigenvalue weighted by atomic mass is 10.2. The van der Waals surface area contributed by atoms with Gasteiger partial charge in [-0.2, -0.15) is 12.7 Å². The Kier molecular flexibility index (Phi) is 5.63. The molecule has 0 aromatic heterocycles. The molecule has 0 unspecified atom stereocenters. The number of carbonyl (C=O) groups excluding carboxylic acids is 1. The number of carbonyl (C=O) groups is 1. The maximum atomic E-state index is 11.9. The second-order valence-corrected chi connectivity index (χ2v) is 6.72. The quantitative estimate of drug-likeness (QED) is 0.609. The van der Waals surface area contributed by atoms with Gasteiger partial charge in [0.15, 0.2) is 0 Å². The molecule has 1 aromatic carbocycles. The maximum absolute atomic E-state index is 11.9. The van der Waals surface area contributed by atoms with Gasteiger partial charge in [-0.05, 0) is 31.0 Å². The topological polar surface area (TPSA) is 98.9 Å². The number of halogens is 1. The van der Waals surface area contributed by atoms with Crippen molar-refractivity contribution >= 4 is 27.8 Å². The van der Waals surface area contributed by atoms with Gasteiger partial charge in [0.25, 0.3) is 10.2 Å². The van der Waals surface area contributed by atoms with E-state index in [9.17, 15) is 13.2 Å². The van der Waals surface area contributed by atoms with E-state index in [2.05, 4.69) is 0 Å². The van der Waals surface area contributed by atoms with Crippen molar-refractivity contribution in [1.29, 1.82) is 0 Å². The third kappa shape index (κ3) is 4.57. The first-order valence-corrected chi connectivity index (χ1v) is 8.60. The van der Waals surface area contributed by atoms with Crippen molar-refractivity contribution in [2.45, 2.75) is 18.9 Å². The highest BCUT2D eigenvalue weighted by Crippen LogP contribution is 2.20. The molecule has 0 radical (unpaired) electrons. The van der Waals surface area contributed by atoms with Crippen molar-refractivity contribution < 1.29 is 22.7 Å². The second-order valence-electron chi connectivity index (χ2n) is 4.79. The first-order valence-electron chi connectivity index (χ1n) is 6.72. The number of hydrogen-bond acceptors (Lipinski definition) is 5. The Morgan fingerprint density at radius 1 is 1.41 bits per heavy atom. The van der Waals surface area contributed by atoms with Gasteiger partial charge in [-0.3, -0.25) is 4.79 Å². The minimum Gasteiger partial charge on any atom is -0.490 e. The molecule has 0 aliphatic carbocycles. The molecule has 0 saturated carbocycles. The summed E-state index contributed by atoms with van der Waals surface area (Å²) in [7, 11) is -3.89. The summed E-state index contributed by atoms with van der Waals surface area (Å²) in [4.78, 5) is 11.9. The normalized spacial score (nSPS) is 19.1. The first kappa shape index (κ1) is 17.0. The minimum atomic E-state index is -3.89. The molecule has 1 heterocycles. The van der Waals surface area contributed by atoms with Crippen LogP contribution in [0.2, 0.25) is 5.02 Å². The van der Waals surface area contributed by atoms with Crippen LogP contribution in [0.3, 0.4) is 0 Å². The highest BCUT2D eigenvalue weighted by Gasteiger charge is 2.37. The minimum absolute atomic E-state index is 0.0142. The molecule has 9 heteroatoms. The Balaban J connectivity index is 1.78. The van der Waals surface area contributed by atoms with E-state index in [1.165, 1.54) is 0 Å². The molecule has 0 bridgehead atoms. The lowest BCUT2D eigenvalue weighted by Gasteiger charge is -2.20. The van der Waals surface area contributed by atoms with Gasteiger partial charge in [-0.1, -0.05) is 17.7 Å². The van der Waals surface area contributed by atoms with Gasteiger partial charge in [-0.25, -0.2) is 5.14 Å². The van der Waals surface area contributed by atoms with E-state index < -0.39 is 22.2 Å². The molecule has 1 aromatic rings. The van der Waals surface area contributed by atoms with Gasteiger partial charge in [-0.15, -0.1) is 0 Å². The Morgan fingerprint density at radius 2 is 2.18 bits per heavy atom. The fraction of sp³-hybridized carbons (Fsp3) is 0.462. The molecule has 1 fully saturated rings. The van der Waals surface area contributed by atoms with E-state index in [1.54, 1.807) is 24.3 Å². The zero-order valence-corrected chi connectivity index (χ0v) is 13.3. The number of ether oxygens (including phenoxy) is 2. The van der Waals surface area contributed by atoms with Crippen molar-refractivity contribution in [2.24, 2.45) is 5.14 Å². The van der Waals surface area contributed by atoms with Crippen LogP contribution in [0, 0.1) is 0 Å². The number of esters is 1. The molecule has 1 atom stereocenters. The van der Waals surface area contributed by atoms with Crippen molar-refractivity contribution in [3.8, 4) is 5.75 Å². The van der Waals surface area contributed by atoms with Crippen LogP contribution in [0.4, 0.5) is 0 Å². The summed E-state index contributed by atoms with van der Waals surface area (Å²) < 4.78 is 34.1. The number of nitrogens with two attached hydrogens (primary N) is 1. The van der Waals surface area contributed by atoms with Gasteiger partial charge >= 0.3 is 5.97 Å². The molecular formula is C13H17ClN2O5S. The number of rotatable bonds is 6. The molecule has 1 aliphatic rings. The first-order chi connectivity index (χ1) is 10.4. The predicted molar refractivity (Wildman–Crippen MR) is 80.7 cm³/mol. The average molecular weight is 349 g/mol. The summed E-state index contributed by atoms with van der Waals surface area (Å²) in [6, 6.07) is 5.99.